The smallest absolute Gasteiger partial charge is 0.264 e. The van der Waals surface area contributed by atoms with Gasteiger partial charge in [0.2, 0.25) is 5.13 Å². The summed E-state index contributed by atoms with van der Waals surface area (Å²) in [5.74, 6) is 0.814. The van der Waals surface area contributed by atoms with Crippen molar-refractivity contribution < 1.29 is 17.9 Å². The van der Waals surface area contributed by atoms with Crippen LogP contribution in [0.4, 0.5) is 11.5 Å². The number of rotatable bonds is 6. The van der Waals surface area contributed by atoms with E-state index in [-0.39, 0.29) is 10.8 Å². The van der Waals surface area contributed by atoms with Crippen LogP contribution in [0.15, 0.2) is 77.7 Å². The van der Waals surface area contributed by atoms with Gasteiger partial charge in [-0.2, -0.15) is 9.78 Å². The van der Waals surface area contributed by atoms with Crippen molar-refractivity contribution in [1.29, 1.82) is 0 Å². The number of sulfonamides is 1. The Morgan fingerprint density at radius 2 is 1.85 bits per heavy atom. The number of fused-ring (bicyclic) bond motifs is 2. The Morgan fingerprint density at radius 3 is 2.64 bits per heavy atom. The Kier molecular flexibility index (Phi) is 6.32. The van der Waals surface area contributed by atoms with E-state index in [0.29, 0.717) is 34.4 Å². The quantitative estimate of drug-likeness (QED) is 0.307. The van der Waals surface area contributed by atoms with E-state index in [1.807, 2.05) is 49.4 Å². The lowest BCUT2D eigenvalue weighted by atomic mass is 10.0. The molecular formula is C28H25N5O4S2. The summed E-state index contributed by atoms with van der Waals surface area (Å²) in [6, 6.07) is 20.9. The second-order valence-corrected chi connectivity index (χ2v) is 12.1. The summed E-state index contributed by atoms with van der Waals surface area (Å²) in [6.07, 6.45) is 1.61. The monoisotopic (exact) mass is 559 g/mol. The molecule has 0 bridgehead atoms. The Bertz CT molecular complexity index is 1810. The first-order chi connectivity index (χ1) is 18.8. The molecule has 0 atom stereocenters. The lowest BCUT2D eigenvalue weighted by molar-refractivity contribution is 0.102. The van der Waals surface area contributed by atoms with Gasteiger partial charge in [0.1, 0.15) is 11.6 Å². The van der Waals surface area contributed by atoms with Crippen LogP contribution < -0.4 is 14.4 Å². The largest absolute Gasteiger partial charge is 0.497 e. The molecule has 1 aliphatic heterocycles. The van der Waals surface area contributed by atoms with Gasteiger partial charge in [-0.1, -0.05) is 29.5 Å². The summed E-state index contributed by atoms with van der Waals surface area (Å²) in [7, 11) is -2.15. The van der Waals surface area contributed by atoms with Crippen LogP contribution in [0.25, 0.3) is 15.3 Å². The van der Waals surface area contributed by atoms with Crippen LogP contribution in [0.1, 0.15) is 28.0 Å². The maximum absolute atomic E-state index is 13.4. The molecule has 3 aromatic carbocycles. The number of thiazole rings is 1. The van der Waals surface area contributed by atoms with Gasteiger partial charge in [-0.25, -0.2) is 13.4 Å². The Labute approximate surface area is 229 Å². The van der Waals surface area contributed by atoms with Gasteiger partial charge in [0.05, 0.1) is 33.6 Å². The first kappa shape index (κ1) is 25.1. The lowest BCUT2D eigenvalue weighted by Crippen LogP contribution is -2.35. The standard InChI is InChI=1S/C28H25N5O4S2/c1-18-16-26(33(31-18)28-29-23-14-11-21(37-2)17-25(23)38-28)30-27(34)20-9-12-22(13-10-20)39(35,36)32-15-5-7-19-6-3-4-8-24(19)32/h3-4,6,8-14,16-17H,5,7,15H2,1-2H3,(H,30,34). The minimum absolute atomic E-state index is 0.140. The molecule has 198 valence electrons. The number of benzene rings is 3. The average molecular weight is 560 g/mol. The zero-order valence-corrected chi connectivity index (χ0v) is 22.9. The van der Waals surface area contributed by atoms with Gasteiger partial charge in [-0.15, -0.1) is 0 Å². The number of anilines is 2. The summed E-state index contributed by atoms with van der Waals surface area (Å²) in [5.41, 5.74) is 3.57. The molecule has 6 rings (SSSR count). The third kappa shape index (κ3) is 4.64. The fourth-order valence-corrected chi connectivity index (χ4v) is 7.19. The van der Waals surface area contributed by atoms with Crippen LogP contribution >= 0.6 is 11.3 Å². The molecule has 0 spiro atoms. The van der Waals surface area contributed by atoms with Gasteiger partial charge in [-0.05, 0) is 73.9 Å². The number of nitrogens with one attached hydrogen (secondary N) is 1. The minimum Gasteiger partial charge on any atom is -0.497 e. The van der Waals surface area contributed by atoms with Gasteiger partial charge < -0.3 is 10.1 Å². The zero-order chi connectivity index (χ0) is 27.1. The summed E-state index contributed by atoms with van der Waals surface area (Å²) in [4.78, 5) is 17.9. The number of ether oxygens (including phenoxy) is 1. The van der Waals surface area contributed by atoms with Gasteiger partial charge >= 0.3 is 0 Å². The van der Waals surface area contributed by atoms with E-state index < -0.39 is 10.0 Å². The van der Waals surface area contributed by atoms with E-state index >= 15 is 0 Å². The molecule has 0 aliphatic carbocycles. The maximum atomic E-state index is 13.4. The topological polar surface area (TPSA) is 106 Å². The Balaban J connectivity index is 1.24. The van der Waals surface area contributed by atoms with E-state index in [4.69, 9.17) is 4.74 Å². The van der Waals surface area contributed by atoms with E-state index in [9.17, 15) is 13.2 Å². The molecule has 9 nitrogen and oxygen atoms in total. The van der Waals surface area contributed by atoms with E-state index in [1.165, 1.54) is 39.9 Å². The fourth-order valence-electron chi connectivity index (χ4n) is 4.69. The Hall–Kier alpha value is -4.22. The number of carbonyl (C=O) groups excluding carboxylic acids is 1. The van der Waals surface area contributed by atoms with Crippen molar-refractivity contribution in [1.82, 2.24) is 14.8 Å². The number of para-hydroxylation sites is 1. The number of carbonyl (C=O) groups is 1. The van der Waals surface area contributed by atoms with Crippen LogP contribution in [0.5, 0.6) is 5.75 Å². The second kappa shape index (κ2) is 9.83. The molecule has 1 N–H and O–H groups in total. The predicted molar refractivity (Wildman–Crippen MR) is 152 cm³/mol. The molecule has 5 aromatic rings. The first-order valence-electron chi connectivity index (χ1n) is 12.4. The SMILES string of the molecule is COc1ccc2nc(-n3nc(C)cc3NC(=O)c3ccc(S(=O)(=O)N4CCCc5ccccc54)cc3)sc2c1. The Morgan fingerprint density at radius 1 is 1.05 bits per heavy atom. The van der Waals surface area contributed by atoms with Crippen molar-refractivity contribution >= 4 is 49.0 Å². The fraction of sp³-hybridized carbons (Fsp3) is 0.179. The molecular weight excluding hydrogens is 534 g/mol. The molecule has 1 amide bonds. The number of aromatic nitrogens is 3. The molecule has 39 heavy (non-hydrogen) atoms. The minimum atomic E-state index is -3.76. The molecule has 0 radical (unpaired) electrons. The highest BCUT2D eigenvalue weighted by molar-refractivity contribution is 7.92. The van der Waals surface area contributed by atoms with Crippen molar-refractivity contribution in [2.75, 3.05) is 23.3 Å². The van der Waals surface area contributed by atoms with E-state index in [1.54, 1.807) is 17.9 Å². The lowest BCUT2D eigenvalue weighted by Gasteiger charge is -2.30. The van der Waals surface area contributed by atoms with E-state index in [0.717, 1.165) is 34.4 Å². The second-order valence-electron chi connectivity index (χ2n) is 9.20. The highest BCUT2D eigenvalue weighted by Crippen LogP contribution is 2.32. The van der Waals surface area contributed by atoms with Crippen LogP contribution in [0.2, 0.25) is 0 Å². The summed E-state index contributed by atoms with van der Waals surface area (Å²) < 4.78 is 36.2. The molecule has 3 heterocycles. The third-order valence-electron chi connectivity index (χ3n) is 6.61. The number of hydrogen-bond acceptors (Lipinski definition) is 7. The average Bonchev–Trinajstić information content (AvgIpc) is 3.54. The maximum Gasteiger partial charge on any atom is 0.264 e. The highest BCUT2D eigenvalue weighted by Gasteiger charge is 2.29. The van der Waals surface area contributed by atoms with Crippen LogP contribution in [0, 0.1) is 6.92 Å². The number of aryl methyl sites for hydroxylation is 2. The van der Waals surface area contributed by atoms with E-state index in [2.05, 4.69) is 15.4 Å². The van der Waals surface area contributed by atoms with Crippen LogP contribution in [-0.2, 0) is 16.4 Å². The van der Waals surface area contributed by atoms with Gasteiger partial charge in [0.15, 0.2) is 0 Å². The predicted octanol–water partition coefficient (Wildman–Crippen LogP) is 5.19. The molecule has 1 aliphatic rings. The normalized spacial score (nSPS) is 13.3. The first-order valence-corrected chi connectivity index (χ1v) is 14.6. The van der Waals surface area contributed by atoms with Crippen LogP contribution in [-0.4, -0.2) is 42.7 Å². The van der Waals surface area contributed by atoms with Crippen molar-refractivity contribution in [2.24, 2.45) is 0 Å². The highest BCUT2D eigenvalue weighted by atomic mass is 32.2. The molecule has 2 aromatic heterocycles. The number of hydrogen-bond donors (Lipinski definition) is 1. The van der Waals surface area contributed by atoms with Gasteiger partial charge in [0, 0.05) is 18.2 Å². The number of amides is 1. The molecule has 11 heteroatoms. The van der Waals surface area contributed by atoms with Crippen molar-refractivity contribution in [3.8, 4) is 10.9 Å². The van der Waals surface area contributed by atoms with Crippen LogP contribution in [0.3, 0.4) is 0 Å². The van der Waals surface area contributed by atoms with Crippen molar-refractivity contribution in [3.05, 3.63) is 89.6 Å². The molecule has 0 saturated heterocycles. The number of methoxy groups -OCH3 is 1. The summed E-state index contributed by atoms with van der Waals surface area (Å²) in [6.45, 7) is 2.25. The summed E-state index contributed by atoms with van der Waals surface area (Å²) in [5, 5.41) is 8.01. The molecule has 0 saturated carbocycles. The zero-order valence-electron chi connectivity index (χ0n) is 21.3. The summed E-state index contributed by atoms with van der Waals surface area (Å²) >= 11 is 1.43. The van der Waals surface area contributed by atoms with Gasteiger partial charge in [0.25, 0.3) is 15.9 Å². The van der Waals surface area contributed by atoms with Crippen molar-refractivity contribution in [3.63, 3.8) is 0 Å². The van der Waals surface area contributed by atoms with Crippen molar-refractivity contribution in [2.45, 2.75) is 24.7 Å². The number of nitrogens with zero attached hydrogens (tertiary/aromatic N) is 4. The third-order valence-corrected chi connectivity index (χ3v) is 9.43. The molecule has 0 unspecified atom stereocenters. The van der Waals surface area contributed by atoms with Gasteiger partial charge in [-0.3, -0.25) is 9.10 Å². The molecule has 0 fully saturated rings.